The molecule has 0 atom stereocenters. The molecule has 4 heteroatoms. The minimum absolute atomic E-state index is 0.753. The second-order valence-corrected chi connectivity index (χ2v) is 4.17. The van der Waals surface area contributed by atoms with Gasteiger partial charge >= 0.3 is 0 Å². The van der Waals surface area contributed by atoms with Crippen LogP contribution in [0.5, 0.6) is 11.5 Å². The summed E-state index contributed by atoms with van der Waals surface area (Å²) >= 11 is 0. The van der Waals surface area contributed by atoms with E-state index in [1.165, 1.54) is 0 Å². The lowest BCUT2D eigenvalue weighted by molar-refractivity contribution is 0.408. The zero-order chi connectivity index (χ0) is 13.7. The Morgan fingerprint density at radius 1 is 1.05 bits per heavy atom. The Morgan fingerprint density at radius 3 is 2.58 bits per heavy atom. The zero-order valence-corrected chi connectivity index (χ0v) is 11.4. The average Bonchev–Trinajstić information content (AvgIpc) is 2.47. The fourth-order valence-electron chi connectivity index (χ4n) is 1.98. The molecule has 0 aliphatic carbocycles. The van der Waals surface area contributed by atoms with Crippen LogP contribution in [0.2, 0.25) is 0 Å². The van der Waals surface area contributed by atoms with Gasteiger partial charge < -0.3 is 14.8 Å². The van der Waals surface area contributed by atoms with E-state index in [9.17, 15) is 0 Å². The molecule has 0 fully saturated rings. The molecule has 1 N–H and O–H groups in total. The van der Waals surface area contributed by atoms with E-state index < -0.39 is 0 Å². The van der Waals surface area contributed by atoms with Crippen LogP contribution in [0.4, 0.5) is 0 Å². The summed E-state index contributed by atoms with van der Waals surface area (Å²) in [7, 11) is 5.24. The minimum Gasteiger partial charge on any atom is -0.496 e. The van der Waals surface area contributed by atoms with Crippen LogP contribution in [0.25, 0.3) is 11.1 Å². The van der Waals surface area contributed by atoms with E-state index >= 15 is 0 Å². The lowest BCUT2D eigenvalue weighted by atomic mass is 10.0. The number of ether oxygens (including phenoxy) is 2. The first-order valence-electron chi connectivity index (χ1n) is 6.09. The Balaban J connectivity index is 2.41. The molecule has 0 saturated carbocycles. The van der Waals surface area contributed by atoms with Crippen LogP contribution in [0.15, 0.2) is 36.7 Å². The van der Waals surface area contributed by atoms with Gasteiger partial charge in [-0.25, -0.2) is 0 Å². The van der Waals surface area contributed by atoms with Crippen LogP contribution < -0.4 is 14.8 Å². The van der Waals surface area contributed by atoms with Crippen molar-refractivity contribution in [3.05, 3.63) is 42.2 Å². The second kappa shape index (κ2) is 6.20. The highest BCUT2D eigenvalue weighted by atomic mass is 16.5. The smallest absolute Gasteiger partial charge is 0.137 e. The van der Waals surface area contributed by atoms with E-state index in [2.05, 4.69) is 16.4 Å². The molecule has 0 unspecified atom stereocenters. The van der Waals surface area contributed by atoms with E-state index in [1.54, 1.807) is 20.4 Å². The van der Waals surface area contributed by atoms with Gasteiger partial charge in [-0.1, -0.05) is 6.07 Å². The van der Waals surface area contributed by atoms with Crippen LogP contribution in [0.3, 0.4) is 0 Å². The predicted octanol–water partition coefficient (Wildman–Crippen LogP) is 2.49. The maximum atomic E-state index is 5.35. The normalized spacial score (nSPS) is 10.3. The maximum absolute atomic E-state index is 5.35. The lowest BCUT2D eigenvalue weighted by Crippen LogP contribution is -2.06. The average molecular weight is 258 g/mol. The van der Waals surface area contributed by atoms with E-state index in [4.69, 9.17) is 9.47 Å². The van der Waals surface area contributed by atoms with Crippen molar-refractivity contribution in [1.82, 2.24) is 10.3 Å². The number of nitrogens with one attached hydrogen (secondary N) is 1. The molecule has 0 amide bonds. The first-order chi connectivity index (χ1) is 9.28. The van der Waals surface area contributed by atoms with Crippen LogP contribution in [0, 0.1) is 0 Å². The Labute approximate surface area is 113 Å². The molecule has 1 heterocycles. The maximum Gasteiger partial charge on any atom is 0.137 e. The van der Waals surface area contributed by atoms with Crippen LogP contribution >= 0.6 is 0 Å². The largest absolute Gasteiger partial charge is 0.496 e. The van der Waals surface area contributed by atoms with Crippen LogP contribution in [0.1, 0.15) is 5.56 Å². The number of benzene rings is 1. The molecule has 0 saturated heterocycles. The van der Waals surface area contributed by atoms with E-state index in [1.807, 2.05) is 31.4 Å². The molecule has 0 bridgehead atoms. The number of hydrogen-bond acceptors (Lipinski definition) is 4. The van der Waals surface area contributed by atoms with Crippen molar-refractivity contribution >= 4 is 0 Å². The van der Waals surface area contributed by atoms with E-state index in [0.717, 1.165) is 34.7 Å². The monoisotopic (exact) mass is 258 g/mol. The highest BCUT2D eigenvalue weighted by molar-refractivity contribution is 5.66. The highest BCUT2D eigenvalue weighted by Crippen LogP contribution is 2.28. The first-order valence-corrected chi connectivity index (χ1v) is 6.09. The van der Waals surface area contributed by atoms with Crippen LogP contribution in [-0.4, -0.2) is 26.3 Å². The summed E-state index contributed by atoms with van der Waals surface area (Å²) in [6.07, 6.45) is 3.52. The molecule has 0 aliphatic heterocycles. The standard InChI is InChI=1S/C15H18N2O2/c1-16-8-13-6-11(4-5-15(13)19-3)12-7-14(18-2)10-17-9-12/h4-7,9-10,16H,8H2,1-3H3. The number of rotatable bonds is 5. The number of nitrogens with zero attached hydrogens (tertiary/aromatic N) is 1. The molecule has 100 valence electrons. The number of hydrogen-bond donors (Lipinski definition) is 1. The van der Waals surface area contributed by atoms with Crippen molar-refractivity contribution < 1.29 is 9.47 Å². The van der Waals surface area contributed by atoms with Gasteiger partial charge in [-0.15, -0.1) is 0 Å². The Morgan fingerprint density at radius 2 is 1.89 bits per heavy atom. The van der Waals surface area contributed by atoms with Gasteiger partial charge in [0.15, 0.2) is 0 Å². The predicted molar refractivity (Wildman–Crippen MR) is 75.5 cm³/mol. The molecule has 4 nitrogen and oxygen atoms in total. The summed E-state index contributed by atoms with van der Waals surface area (Å²) in [6, 6.07) is 8.07. The minimum atomic E-state index is 0.753. The summed E-state index contributed by atoms with van der Waals surface area (Å²) in [5, 5.41) is 3.14. The van der Waals surface area contributed by atoms with E-state index in [-0.39, 0.29) is 0 Å². The summed E-state index contributed by atoms with van der Waals surface area (Å²) < 4.78 is 10.6. The fourth-order valence-corrected chi connectivity index (χ4v) is 1.98. The highest BCUT2D eigenvalue weighted by Gasteiger charge is 2.06. The molecule has 1 aromatic heterocycles. The summed E-state index contributed by atoms with van der Waals surface area (Å²) in [6.45, 7) is 0.758. The SMILES string of the molecule is CNCc1cc(-c2cncc(OC)c2)ccc1OC. The van der Waals surface area contributed by atoms with E-state index in [0.29, 0.717) is 0 Å². The summed E-state index contributed by atoms with van der Waals surface area (Å²) in [5.41, 5.74) is 3.24. The molecule has 2 aromatic rings. The third-order valence-corrected chi connectivity index (χ3v) is 2.93. The third kappa shape index (κ3) is 3.03. The summed E-state index contributed by atoms with van der Waals surface area (Å²) in [5.74, 6) is 1.64. The van der Waals surface area contributed by atoms with Crippen LogP contribution in [-0.2, 0) is 6.54 Å². The first kappa shape index (κ1) is 13.4. The molecule has 1 aromatic carbocycles. The topological polar surface area (TPSA) is 43.4 Å². The van der Waals surface area contributed by atoms with Crippen molar-refractivity contribution in [3.8, 4) is 22.6 Å². The van der Waals surface area contributed by atoms with Gasteiger partial charge in [-0.05, 0) is 30.8 Å². The molecule has 0 spiro atoms. The third-order valence-electron chi connectivity index (χ3n) is 2.93. The number of aromatic nitrogens is 1. The van der Waals surface area contributed by atoms with Crippen molar-refractivity contribution in [3.63, 3.8) is 0 Å². The summed E-state index contributed by atoms with van der Waals surface area (Å²) in [4.78, 5) is 4.18. The van der Waals surface area contributed by atoms with Crippen molar-refractivity contribution in [2.45, 2.75) is 6.54 Å². The van der Waals surface area contributed by atoms with Gasteiger partial charge in [0.1, 0.15) is 11.5 Å². The van der Waals surface area contributed by atoms with Gasteiger partial charge in [0.25, 0.3) is 0 Å². The van der Waals surface area contributed by atoms with Gasteiger partial charge in [-0.2, -0.15) is 0 Å². The molecule has 0 radical (unpaired) electrons. The van der Waals surface area contributed by atoms with Gasteiger partial charge in [0, 0.05) is 23.9 Å². The Hall–Kier alpha value is -2.07. The Kier molecular flexibility index (Phi) is 4.36. The number of pyridine rings is 1. The Bertz CT molecular complexity index is 556. The molecular formula is C15H18N2O2. The molecule has 2 rings (SSSR count). The quantitative estimate of drug-likeness (QED) is 0.894. The molecule has 19 heavy (non-hydrogen) atoms. The van der Waals surface area contributed by atoms with Gasteiger partial charge in [0.05, 0.1) is 20.4 Å². The second-order valence-electron chi connectivity index (χ2n) is 4.17. The van der Waals surface area contributed by atoms with Gasteiger partial charge in [0.2, 0.25) is 0 Å². The lowest BCUT2D eigenvalue weighted by Gasteiger charge is -2.11. The zero-order valence-electron chi connectivity index (χ0n) is 11.4. The number of methoxy groups -OCH3 is 2. The fraction of sp³-hybridized carbons (Fsp3) is 0.267. The molecule has 0 aliphatic rings. The van der Waals surface area contributed by atoms with Gasteiger partial charge in [-0.3, -0.25) is 4.98 Å². The van der Waals surface area contributed by atoms with Crippen molar-refractivity contribution in [1.29, 1.82) is 0 Å². The van der Waals surface area contributed by atoms with Crippen molar-refractivity contribution in [2.75, 3.05) is 21.3 Å². The molecular weight excluding hydrogens is 240 g/mol. The van der Waals surface area contributed by atoms with Crippen molar-refractivity contribution in [2.24, 2.45) is 0 Å².